The summed E-state index contributed by atoms with van der Waals surface area (Å²) < 4.78 is 44.9. The zero-order chi connectivity index (χ0) is 22.5. The Labute approximate surface area is 182 Å². The summed E-state index contributed by atoms with van der Waals surface area (Å²) in [5.41, 5.74) is 2.26. The second-order valence-electron chi connectivity index (χ2n) is 7.04. The molecule has 0 aromatic heterocycles. The molecule has 0 saturated carbocycles. The SMILES string of the molecule is CC[C@@H](C(=O)NCCOc1cc(C)cc(C)c1)N(c1ccc(F)c(Cl)c1)S(C)(=O)=O. The first kappa shape index (κ1) is 24.0. The lowest BCUT2D eigenvalue weighted by Crippen LogP contribution is -2.50. The number of nitrogens with one attached hydrogen (secondary N) is 1. The molecule has 2 rings (SSSR count). The number of rotatable bonds is 9. The summed E-state index contributed by atoms with van der Waals surface area (Å²) in [7, 11) is -3.83. The van der Waals surface area contributed by atoms with Gasteiger partial charge in [0.25, 0.3) is 0 Å². The molecule has 0 radical (unpaired) electrons. The second kappa shape index (κ2) is 10.1. The highest BCUT2D eigenvalue weighted by Crippen LogP contribution is 2.27. The average molecular weight is 457 g/mol. The standard InChI is InChI=1S/C21H26ClFN2O4S/c1-5-20(25(30(4,27)28)16-6-7-19(23)18(22)13-16)21(26)24-8-9-29-17-11-14(2)10-15(3)12-17/h6-7,10-13,20H,5,8-9H2,1-4H3,(H,24,26)/t20-/m0/s1. The number of benzene rings is 2. The molecule has 1 amide bonds. The third kappa shape index (κ3) is 6.34. The summed E-state index contributed by atoms with van der Waals surface area (Å²) >= 11 is 5.80. The molecule has 0 aliphatic rings. The Hall–Kier alpha value is -2.32. The maximum atomic E-state index is 13.5. The normalized spacial score (nSPS) is 12.3. The van der Waals surface area contributed by atoms with Crippen LogP contribution in [-0.2, 0) is 14.8 Å². The average Bonchev–Trinajstić information content (AvgIpc) is 2.63. The predicted molar refractivity (Wildman–Crippen MR) is 117 cm³/mol. The molecule has 0 heterocycles. The summed E-state index contributed by atoms with van der Waals surface area (Å²) in [5.74, 6) is -0.449. The van der Waals surface area contributed by atoms with E-state index >= 15 is 0 Å². The quantitative estimate of drug-likeness (QED) is 0.582. The first-order valence-corrected chi connectivity index (χ1v) is 11.7. The lowest BCUT2D eigenvalue weighted by Gasteiger charge is -2.30. The number of carbonyl (C=O) groups excluding carboxylic acids is 1. The zero-order valence-electron chi connectivity index (χ0n) is 17.4. The van der Waals surface area contributed by atoms with Crippen molar-refractivity contribution >= 4 is 33.2 Å². The number of hydrogen-bond acceptors (Lipinski definition) is 4. The number of halogens is 2. The van der Waals surface area contributed by atoms with Crippen LogP contribution in [0, 0.1) is 19.7 Å². The van der Waals surface area contributed by atoms with Crippen LogP contribution in [0.5, 0.6) is 5.75 Å². The summed E-state index contributed by atoms with van der Waals surface area (Å²) in [6.07, 6.45) is 1.20. The van der Waals surface area contributed by atoms with E-state index in [0.29, 0.717) is 5.75 Å². The number of hydrogen-bond donors (Lipinski definition) is 1. The van der Waals surface area contributed by atoms with Crippen LogP contribution in [0.15, 0.2) is 36.4 Å². The van der Waals surface area contributed by atoms with Crippen molar-refractivity contribution in [3.63, 3.8) is 0 Å². The van der Waals surface area contributed by atoms with E-state index in [2.05, 4.69) is 5.32 Å². The molecule has 0 saturated heterocycles. The van der Waals surface area contributed by atoms with Crippen LogP contribution >= 0.6 is 11.6 Å². The van der Waals surface area contributed by atoms with Crippen molar-refractivity contribution < 1.29 is 22.3 Å². The van der Waals surface area contributed by atoms with Crippen LogP contribution < -0.4 is 14.4 Å². The predicted octanol–water partition coefficient (Wildman–Crippen LogP) is 3.84. The van der Waals surface area contributed by atoms with Gasteiger partial charge in [0.05, 0.1) is 23.5 Å². The van der Waals surface area contributed by atoms with Gasteiger partial charge in [-0.15, -0.1) is 0 Å². The van der Waals surface area contributed by atoms with Gasteiger partial charge in [0, 0.05) is 0 Å². The largest absolute Gasteiger partial charge is 0.492 e. The van der Waals surface area contributed by atoms with Crippen LogP contribution in [0.1, 0.15) is 24.5 Å². The van der Waals surface area contributed by atoms with Gasteiger partial charge in [0.2, 0.25) is 15.9 Å². The minimum atomic E-state index is -3.83. The first-order valence-electron chi connectivity index (χ1n) is 9.46. The van der Waals surface area contributed by atoms with Crippen molar-refractivity contribution in [3.05, 3.63) is 58.4 Å². The van der Waals surface area contributed by atoms with Crippen molar-refractivity contribution in [2.45, 2.75) is 33.2 Å². The van der Waals surface area contributed by atoms with E-state index in [1.807, 2.05) is 32.0 Å². The van der Waals surface area contributed by atoms with Crippen molar-refractivity contribution in [2.24, 2.45) is 0 Å². The van der Waals surface area contributed by atoms with Gasteiger partial charge >= 0.3 is 0 Å². The van der Waals surface area contributed by atoms with E-state index in [1.54, 1.807) is 6.92 Å². The fourth-order valence-corrected chi connectivity index (χ4v) is 4.54. The fourth-order valence-electron chi connectivity index (χ4n) is 3.16. The van der Waals surface area contributed by atoms with Gasteiger partial charge in [-0.1, -0.05) is 24.6 Å². The molecule has 0 bridgehead atoms. The van der Waals surface area contributed by atoms with Crippen molar-refractivity contribution in [3.8, 4) is 5.75 Å². The molecule has 30 heavy (non-hydrogen) atoms. The Balaban J connectivity index is 2.09. The highest BCUT2D eigenvalue weighted by atomic mass is 35.5. The summed E-state index contributed by atoms with van der Waals surface area (Å²) in [6.45, 7) is 6.06. The Bertz CT molecular complexity index is 994. The molecule has 0 aliphatic heterocycles. The van der Waals surface area contributed by atoms with E-state index in [9.17, 15) is 17.6 Å². The van der Waals surface area contributed by atoms with Gasteiger partial charge in [-0.05, 0) is 61.7 Å². The van der Waals surface area contributed by atoms with E-state index in [-0.39, 0.29) is 30.3 Å². The van der Waals surface area contributed by atoms with Gasteiger partial charge in [-0.2, -0.15) is 0 Å². The number of amides is 1. The smallest absolute Gasteiger partial charge is 0.244 e. The molecular weight excluding hydrogens is 431 g/mol. The van der Waals surface area contributed by atoms with Gasteiger partial charge in [-0.25, -0.2) is 12.8 Å². The van der Waals surface area contributed by atoms with Crippen molar-refractivity contribution in [1.29, 1.82) is 0 Å². The lowest BCUT2D eigenvalue weighted by atomic mass is 10.1. The fraction of sp³-hybridized carbons (Fsp3) is 0.381. The molecule has 0 fully saturated rings. The third-order valence-corrected chi connectivity index (χ3v) is 5.82. The minimum absolute atomic E-state index is 0.123. The molecule has 9 heteroatoms. The lowest BCUT2D eigenvalue weighted by molar-refractivity contribution is -0.122. The molecule has 2 aromatic carbocycles. The number of nitrogens with zero attached hydrogens (tertiary/aromatic N) is 1. The highest BCUT2D eigenvalue weighted by Gasteiger charge is 2.31. The molecule has 0 spiro atoms. The Morgan fingerprint density at radius 2 is 1.83 bits per heavy atom. The van der Waals surface area contributed by atoms with E-state index in [4.69, 9.17) is 16.3 Å². The van der Waals surface area contributed by atoms with E-state index < -0.39 is 27.8 Å². The van der Waals surface area contributed by atoms with Gasteiger partial charge in [-0.3, -0.25) is 9.10 Å². The van der Waals surface area contributed by atoms with Crippen molar-refractivity contribution in [2.75, 3.05) is 23.7 Å². The summed E-state index contributed by atoms with van der Waals surface area (Å²) in [5, 5.41) is 2.48. The van der Waals surface area contributed by atoms with Crippen molar-refractivity contribution in [1.82, 2.24) is 5.32 Å². The zero-order valence-corrected chi connectivity index (χ0v) is 19.0. The van der Waals surface area contributed by atoms with Crippen LogP contribution in [0.3, 0.4) is 0 Å². The Kier molecular flexibility index (Phi) is 8.09. The summed E-state index contributed by atoms with van der Waals surface area (Å²) in [6, 6.07) is 8.35. The maximum absolute atomic E-state index is 13.5. The molecule has 0 aliphatic carbocycles. The van der Waals surface area contributed by atoms with Crippen LogP contribution in [-0.4, -0.2) is 39.8 Å². The maximum Gasteiger partial charge on any atom is 0.244 e. The molecule has 2 aromatic rings. The Morgan fingerprint density at radius 1 is 1.20 bits per heavy atom. The molecule has 1 N–H and O–H groups in total. The number of aryl methyl sites for hydroxylation is 2. The van der Waals surface area contributed by atoms with Gasteiger partial charge in [0.1, 0.15) is 24.2 Å². The highest BCUT2D eigenvalue weighted by molar-refractivity contribution is 7.92. The molecule has 0 unspecified atom stereocenters. The van der Waals surface area contributed by atoms with E-state index in [0.717, 1.165) is 27.8 Å². The van der Waals surface area contributed by atoms with Crippen LogP contribution in [0.4, 0.5) is 10.1 Å². The monoisotopic (exact) mass is 456 g/mol. The summed E-state index contributed by atoms with van der Waals surface area (Å²) in [4.78, 5) is 12.7. The number of sulfonamides is 1. The second-order valence-corrected chi connectivity index (χ2v) is 9.31. The molecular formula is C21H26ClFN2O4S. The van der Waals surface area contributed by atoms with Gasteiger partial charge < -0.3 is 10.1 Å². The van der Waals surface area contributed by atoms with E-state index in [1.165, 1.54) is 12.1 Å². The number of ether oxygens (including phenoxy) is 1. The molecule has 1 atom stereocenters. The minimum Gasteiger partial charge on any atom is -0.492 e. The topological polar surface area (TPSA) is 75.7 Å². The van der Waals surface area contributed by atoms with Gasteiger partial charge in [0.15, 0.2) is 0 Å². The number of anilines is 1. The molecule has 164 valence electrons. The number of carbonyl (C=O) groups is 1. The Morgan fingerprint density at radius 3 is 2.37 bits per heavy atom. The third-order valence-electron chi connectivity index (χ3n) is 4.35. The molecule has 6 nitrogen and oxygen atoms in total. The van der Waals surface area contributed by atoms with Crippen LogP contribution in [0.2, 0.25) is 5.02 Å². The first-order chi connectivity index (χ1) is 14.0. The van der Waals surface area contributed by atoms with Crippen LogP contribution in [0.25, 0.3) is 0 Å².